The highest BCUT2D eigenvalue weighted by Crippen LogP contribution is 2.37. The van der Waals surface area contributed by atoms with E-state index in [1.807, 2.05) is 18.2 Å². The van der Waals surface area contributed by atoms with Crippen molar-refractivity contribution < 1.29 is 19.7 Å². The average molecular weight is 455 g/mol. The molecule has 0 aromatic heterocycles. The number of unbranched alkanes of at least 4 members (excludes halogenated alkanes) is 1. The van der Waals surface area contributed by atoms with E-state index in [2.05, 4.69) is 29.5 Å². The van der Waals surface area contributed by atoms with Crippen LogP contribution >= 0.6 is 0 Å². The number of aldehydes is 1. The van der Waals surface area contributed by atoms with Crippen molar-refractivity contribution in [2.75, 3.05) is 20.2 Å². The van der Waals surface area contributed by atoms with Gasteiger partial charge in [0.1, 0.15) is 12.0 Å². The number of hydrazine groups is 1. The van der Waals surface area contributed by atoms with Crippen molar-refractivity contribution in [3.63, 3.8) is 0 Å². The van der Waals surface area contributed by atoms with Gasteiger partial charge in [-0.3, -0.25) is 5.43 Å². The molecule has 180 valence electrons. The Labute approximate surface area is 197 Å². The van der Waals surface area contributed by atoms with Gasteiger partial charge in [0.2, 0.25) is 0 Å². The van der Waals surface area contributed by atoms with Gasteiger partial charge in [0.05, 0.1) is 7.11 Å². The number of phenols is 2. The summed E-state index contributed by atoms with van der Waals surface area (Å²) in [6.07, 6.45) is 8.00. The Balaban J connectivity index is 1.65. The molecule has 2 aromatic carbocycles. The first-order valence-corrected chi connectivity index (χ1v) is 12.2. The highest BCUT2D eigenvalue weighted by Gasteiger charge is 2.27. The fourth-order valence-electron chi connectivity index (χ4n) is 4.96. The minimum Gasteiger partial charge on any atom is -0.504 e. The number of nitrogens with one attached hydrogen (secondary N) is 1. The lowest BCUT2D eigenvalue weighted by Crippen LogP contribution is -2.49. The molecular formula is C27H38N2O4. The predicted octanol–water partition coefficient (Wildman–Crippen LogP) is 4.72. The van der Waals surface area contributed by atoms with Crippen molar-refractivity contribution in [3.8, 4) is 17.2 Å². The lowest BCUT2D eigenvalue weighted by molar-refractivity contribution is -0.107. The summed E-state index contributed by atoms with van der Waals surface area (Å²) in [6, 6.07) is 12.1. The lowest BCUT2D eigenvalue weighted by atomic mass is 9.86. The Bertz CT molecular complexity index is 902. The number of hydrogen-bond acceptors (Lipinski definition) is 6. The van der Waals surface area contributed by atoms with Crippen LogP contribution < -0.4 is 10.2 Å². The van der Waals surface area contributed by atoms with Gasteiger partial charge < -0.3 is 19.7 Å². The van der Waals surface area contributed by atoms with Crippen LogP contribution in [0.3, 0.4) is 0 Å². The SMILES string of the molecule is CCC(CCCN(NCCCC=O)C1CCc2c(ccc(O)c2O)C1)c1ccccc1OC. The largest absolute Gasteiger partial charge is 0.504 e. The standard InChI is InChI=1S/C27H38N2O4/c1-3-20(23-10-4-5-11-26(23)33-2)9-8-17-29(28-16-6-7-18-30)22-13-14-24-21(19-22)12-15-25(31)27(24)32/h4-5,10-12,15,18,20,22,28,31-32H,3,6-9,13-14,16-17,19H2,1-2H3. The molecule has 0 spiro atoms. The molecule has 3 rings (SSSR count). The second-order valence-corrected chi connectivity index (χ2v) is 8.87. The van der Waals surface area contributed by atoms with Crippen LogP contribution in [-0.4, -0.2) is 47.7 Å². The maximum absolute atomic E-state index is 10.7. The molecule has 6 heteroatoms. The lowest BCUT2D eigenvalue weighted by Gasteiger charge is -2.36. The number of hydrogen-bond donors (Lipinski definition) is 3. The molecule has 3 N–H and O–H groups in total. The summed E-state index contributed by atoms with van der Waals surface area (Å²) in [6.45, 7) is 3.91. The summed E-state index contributed by atoms with van der Waals surface area (Å²) in [5, 5.41) is 22.4. The summed E-state index contributed by atoms with van der Waals surface area (Å²) in [7, 11) is 1.73. The molecule has 0 fully saturated rings. The van der Waals surface area contributed by atoms with Gasteiger partial charge in [-0.2, -0.15) is 0 Å². The van der Waals surface area contributed by atoms with Gasteiger partial charge >= 0.3 is 0 Å². The number of methoxy groups -OCH3 is 1. The van der Waals surface area contributed by atoms with Gasteiger partial charge in [0.25, 0.3) is 0 Å². The van der Waals surface area contributed by atoms with Crippen LogP contribution in [0.2, 0.25) is 0 Å². The zero-order valence-electron chi connectivity index (χ0n) is 19.9. The van der Waals surface area contributed by atoms with Gasteiger partial charge in [-0.1, -0.05) is 31.2 Å². The van der Waals surface area contributed by atoms with Crippen LogP contribution in [0.25, 0.3) is 0 Å². The van der Waals surface area contributed by atoms with E-state index in [4.69, 9.17) is 4.74 Å². The molecule has 0 amide bonds. The first kappa shape index (κ1) is 25.1. The molecule has 0 heterocycles. The fraction of sp³-hybridized carbons (Fsp3) is 0.519. The van der Waals surface area contributed by atoms with Crippen LogP contribution in [0.5, 0.6) is 17.2 Å². The minimum atomic E-state index is -0.0435. The molecule has 2 unspecified atom stereocenters. The van der Waals surface area contributed by atoms with E-state index in [1.165, 1.54) is 5.56 Å². The van der Waals surface area contributed by atoms with E-state index in [0.717, 1.165) is 81.2 Å². The van der Waals surface area contributed by atoms with Crippen molar-refractivity contribution >= 4 is 6.29 Å². The quantitative estimate of drug-likeness (QED) is 0.176. The first-order valence-electron chi connectivity index (χ1n) is 12.2. The van der Waals surface area contributed by atoms with Crippen molar-refractivity contribution in [2.45, 2.75) is 70.3 Å². The molecular weight excluding hydrogens is 416 g/mol. The minimum absolute atomic E-state index is 0.0269. The molecule has 0 saturated heterocycles. The van der Waals surface area contributed by atoms with E-state index in [-0.39, 0.29) is 11.5 Å². The number of rotatable bonds is 13. The number of carbonyl (C=O) groups is 1. The van der Waals surface area contributed by atoms with Gasteiger partial charge in [0, 0.05) is 31.1 Å². The van der Waals surface area contributed by atoms with Gasteiger partial charge in [0.15, 0.2) is 11.5 Å². The molecule has 0 saturated carbocycles. The van der Waals surface area contributed by atoms with E-state index in [1.54, 1.807) is 13.2 Å². The number of aromatic hydroxyl groups is 2. The first-order chi connectivity index (χ1) is 16.1. The number of benzene rings is 2. The Kier molecular flexibility index (Phi) is 9.58. The summed E-state index contributed by atoms with van der Waals surface area (Å²) in [5.41, 5.74) is 6.81. The van der Waals surface area contributed by atoms with E-state index in [0.29, 0.717) is 18.4 Å². The molecule has 0 bridgehead atoms. The number of ether oxygens (including phenoxy) is 1. The number of nitrogens with zero attached hydrogens (tertiary/aromatic N) is 1. The molecule has 0 aliphatic heterocycles. The van der Waals surface area contributed by atoms with Crippen LogP contribution in [0.4, 0.5) is 0 Å². The normalized spacial score (nSPS) is 16.4. The van der Waals surface area contributed by atoms with Crippen molar-refractivity contribution in [3.05, 3.63) is 53.1 Å². The number of carbonyl (C=O) groups excluding carboxylic acids is 1. The van der Waals surface area contributed by atoms with Crippen LogP contribution in [-0.2, 0) is 17.6 Å². The number of fused-ring (bicyclic) bond motifs is 1. The number of para-hydroxylation sites is 1. The summed E-state index contributed by atoms with van der Waals surface area (Å²) in [5.74, 6) is 1.39. The molecule has 1 aliphatic rings. The maximum Gasteiger partial charge on any atom is 0.160 e. The Morgan fingerprint density at radius 3 is 2.79 bits per heavy atom. The van der Waals surface area contributed by atoms with E-state index in [9.17, 15) is 15.0 Å². The second-order valence-electron chi connectivity index (χ2n) is 8.87. The Hall–Kier alpha value is -2.57. The topological polar surface area (TPSA) is 82.0 Å². The molecule has 0 radical (unpaired) electrons. The van der Waals surface area contributed by atoms with Gasteiger partial charge in [-0.25, -0.2) is 5.01 Å². The van der Waals surface area contributed by atoms with Crippen molar-refractivity contribution in [1.82, 2.24) is 10.4 Å². The van der Waals surface area contributed by atoms with Crippen LogP contribution in [0, 0.1) is 0 Å². The van der Waals surface area contributed by atoms with Crippen LogP contribution in [0.1, 0.15) is 68.1 Å². The monoisotopic (exact) mass is 454 g/mol. The Morgan fingerprint density at radius 1 is 1.21 bits per heavy atom. The highest BCUT2D eigenvalue weighted by atomic mass is 16.5. The summed E-state index contributed by atoms with van der Waals surface area (Å²) < 4.78 is 5.59. The van der Waals surface area contributed by atoms with Crippen LogP contribution in [0.15, 0.2) is 36.4 Å². The average Bonchev–Trinajstić information content (AvgIpc) is 2.85. The predicted molar refractivity (Wildman–Crippen MR) is 131 cm³/mol. The summed E-state index contributed by atoms with van der Waals surface area (Å²) >= 11 is 0. The summed E-state index contributed by atoms with van der Waals surface area (Å²) in [4.78, 5) is 10.7. The third-order valence-electron chi connectivity index (χ3n) is 6.82. The molecule has 1 aliphatic carbocycles. The molecule has 2 atom stereocenters. The third kappa shape index (κ3) is 6.49. The zero-order chi connectivity index (χ0) is 23.6. The van der Waals surface area contributed by atoms with Crippen molar-refractivity contribution in [1.29, 1.82) is 0 Å². The zero-order valence-corrected chi connectivity index (χ0v) is 19.9. The molecule has 6 nitrogen and oxygen atoms in total. The molecule has 2 aromatic rings. The molecule has 33 heavy (non-hydrogen) atoms. The smallest absolute Gasteiger partial charge is 0.160 e. The van der Waals surface area contributed by atoms with Gasteiger partial charge in [-0.15, -0.1) is 0 Å². The third-order valence-corrected chi connectivity index (χ3v) is 6.82. The van der Waals surface area contributed by atoms with Gasteiger partial charge in [-0.05, 0) is 74.1 Å². The highest BCUT2D eigenvalue weighted by molar-refractivity contribution is 5.50. The fourth-order valence-corrected chi connectivity index (χ4v) is 4.96. The van der Waals surface area contributed by atoms with Crippen molar-refractivity contribution in [2.24, 2.45) is 0 Å². The number of phenolic OH excluding ortho intramolecular Hbond substituents is 2. The van der Waals surface area contributed by atoms with E-state index < -0.39 is 0 Å². The van der Waals surface area contributed by atoms with E-state index >= 15 is 0 Å². The Morgan fingerprint density at radius 2 is 2.03 bits per heavy atom. The maximum atomic E-state index is 10.7. The second kappa shape index (κ2) is 12.6.